The predicted octanol–water partition coefficient (Wildman–Crippen LogP) is 4.75. The van der Waals surface area contributed by atoms with Crippen LogP contribution in [0.1, 0.15) is 39.5 Å². The number of Topliss-reactive ketones (excluding diaryl/α,β-unsaturated/α-hetero) is 1. The fraction of sp³-hybridized carbons (Fsp3) is 0.217. The van der Waals surface area contributed by atoms with Gasteiger partial charge in [0.2, 0.25) is 0 Å². The maximum absolute atomic E-state index is 13.1. The molecule has 130 valence electrons. The van der Waals surface area contributed by atoms with Gasteiger partial charge in [-0.05, 0) is 65.9 Å². The predicted molar refractivity (Wildman–Crippen MR) is 105 cm³/mol. The maximum Gasteiger partial charge on any atom is 0.259 e. The fourth-order valence-corrected chi connectivity index (χ4v) is 3.99. The van der Waals surface area contributed by atoms with E-state index in [0.717, 1.165) is 33.3 Å². The quantitative estimate of drug-likeness (QED) is 0.688. The van der Waals surface area contributed by atoms with E-state index >= 15 is 0 Å². The lowest BCUT2D eigenvalue weighted by Gasteiger charge is -2.16. The van der Waals surface area contributed by atoms with Gasteiger partial charge in [-0.25, -0.2) is 0 Å². The Kier molecular flexibility index (Phi) is 3.87. The summed E-state index contributed by atoms with van der Waals surface area (Å²) in [5, 5.41) is 2.37. The van der Waals surface area contributed by atoms with Crippen LogP contribution >= 0.6 is 0 Å². The lowest BCUT2D eigenvalue weighted by atomic mass is 9.92. The Morgan fingerprint density at radius 1 is 0.962 bits per heavy atom. The normalized spacial score (nSPS) is 13.3. The van der Waals surface area contributed by atoms with Gasteiger partial charge in [0, 0.05) is 17.7 Å². The monoisotopic (exact) mass is 343 g/mol. The molecule has 1 amide bonds. The van der Waals surface area contributed by atoms with E-state index in [-0.39, 0.29) is 11.7 Å². The third kappa shape index (κ3) is 2.51. The molecule has 0 fully saturated rings. The van der Waals surface area contributed by atoms with Crippen LogP contribution in [0.25, 0.3) is 10.8 Å². The second kappa shape index (κ2) is 6.10. The van der Waals surface area contributed by atoms with E-state index in [0.29, 0.717) is 13.0 Å². The molecule has 3 nitrogen and oxygen atoms in total. The average Bonchev–Trinajstić information content (AvgIpc) is 2.98. The number of ketones is 1. The van der Waals surface area contributed by atoms with Crippen LogP contribution in [0.2, 0.25) is 0 Å². The van der Waals surface area contributed by atoms with Gasteiger partial charge in [0.05, 0.1) is 6.54 Å². The van der Waals surface area contributed by atoms with E-state index in [1.54, 1.807) is 6.92 Å². The number of nitrogens with zero attached hydrogens (tertiary/aromatic N) is 1. The molecule has 3 aromatic rings. The van der Waals surface area contributed by atoms with E-state index in [2.05, 4.69) is 19.1 Å². The molecule has 0 aromatic heterocycles. The van der Waals surface area contributed by atoms with Crippen molar-refractivity contribution in [2.45, 2.75) is 33.7 Å². The number of hydrogen-bond acceptors (Lipinski definition) is 2. The molecule has 1 aliphatic rings. The molecule has 26 heavy (non-hydrogen) atoms. The Labute approximate surface area is 153 Å². The summed E-state index contributed by atoms with van der Waals surface area (Å²) in [6.07, 6.45) is 0.429. The third-order valence-corrected chi connectivity index (χ3v) is 5.34. The van der Waals surface area contributed by atoms with Crippen molar-refractivity contribution in [3.63, 3.8) is 0 Å². The van der Waals surface area contributed by atoms with Gasteiger partial charge in [0.1, 0.15) is 5.78 Å². The minimum Gasteiger partial charge on any atom is -0.304 e. The zero-order valence-electron chi connectivity index (χ0n) is 15.3. The molecule has 0 N–H and O–H groups in total. The standard InChI is InChI=1S/C23H21NO2/c1-14(25)12-17-8-10-18(11-9-17)24-13-21-15(2)19-6-4-5-7-20(19)16(3)22(21)23(24)26/h4-11H,12-13H2,1-3H3. The minimum absolute atomic E-state index is 0.0608. The number of carbonyl (C=O) groups excluding carboxylic acids is 2. The van der Waals surface area contributed by atoms with E-state index in [1.807, 2.05) is 48.2 Å². The highest BCUT2D eigenvalue weighted by molar-refractivity contribution is 6.14. The van der Waals surface area contributed by atoms with Crippen molar-refractivity contribution >= 4 is 28.2 Å². The summed E-state index contributed by atoms with van der Waals surface area (Å²) in [6, 6.07) is 16.0. The Hall–Kier alpha value is -2.94. The number of aryl methyl sites for hydroxylation is 2. The second-order valence-corrected chi connectivity index (χ2v) is 7.09. The molecule has 0 aliphatic carbocycles. The molecule has 0 saturated carbocycles. The van der Waals surface area contributed by atoms with Gasteiger partial charge >= 0.3 is 0 Å². The van der Waals surface area contributed by atoms with Crippen LogP contribution < -0.4 is 4.90 Å². The molecule has 0 saturated heterocycles. The Bertz CT molecular complexity index is 1050. The van der Waals surface area contributed by atoms with Crippen LogP contribution in [0.4, 0.5) is 5.69 Å². The molecular weight excluding hydrogens is 322 g/mol. The minimum atomic E-state index is 0.0608. The van der Waals surface area contributed by atoms with E-state index in [9.17, 15) is 9.59 Å². The van der Waals surface area contributed by atoms with Crippen LogP contribution in [0.15, 0.2) is 48.5 Å². The van der Waals surface area contributed by atoms with Crippen LogP contribution in [0.3, 0.4) is 0 Å². The summed E-state index contributed by atoms with van der Waals surface area (Å²) in [6.45, 7) is 6.33. The first-order valence-corrected chi connectivity index (χ1v) is 8.88. The summed E-state index contributed by atoms with van der Waals surface area (Å²) >= 11 is 0. The molecule has 0 atom stereocenters. The highest BCUT2D eigenvalue weighted by atomic mass is 16.2. The molecule has 0 unspecified atom stereocenters. The smallest absolute Gasteiger partial charge is 0.259 e. The third-order valence-electron chi connectivity index (χ3n) is 5.34. The number of carbonyl (C=O) groups is 2. The lowest BCUT2D eigenvalue weighted by Crippen LogP contribution is -2.23. The number of benzene rings is 3. The summed E-state index contributed by atoms with van der Waals surface area (Å²) in [4.78, 5) is 26.3. The van der Waals surface area contributed by atoms with Crippen molar-refractivity contribution in [3.05, 3.63) is 76.3 Å². The van der Waals surface area contributed by atoms with Crippen LogP contribution in [-0.2, 0) is 17.8 Å². The van der Waals surface area contributed by atoms with Crippen molar-refractivity contribution in [1.29, 1.82) is 0 Å². The van der Waals surface area contributed by atoms with Gasteiger partial charge in [-0.3, -0.25) is 9.59 Å². The summed E-state index contributed by atoms with van der Waals surface area (Å²) < 4.78 is 0. The summed E-state index contributed by atoms with van der Waals surface area (Å²) in [7, 11) is 0. The zero-order valence-corrected chi connectivity index (χ0v) is 15.3. The highest BCUT2D eigenvalue weighted by Crippen LogP contribution is 2.37. The maximum atomic E-state index is 13.1. The first-order valence-electron chi connectivity index (χ1n) is 8.88. The molecular formula is C23H21NO2. The Morgan fingerprint density at radius 2 is 1.58 bits per heavy atom. The van der Waals surface area contributed by atoms with E-state index < -0.39 is 0 Å². The Morgan fingerprint density at radius 3 is 2.19 bits per heavy atom. The number of rotatable bonds is 3. The first-order chi connectivity index (χ1) is 12.5. The van der Waals surface area contributed by atoms with Crippen molar-refractivity contribution < 1.29 is 9.59 Å². The van der Waals surface area contributed by atoms with Gasteiger partial charge in [0.15, 0.2) is 0 Å². The molecule has 0 spiro atoms. The van der Waals surface area contributed by atoms with Gasteiger partial charge in [-0.1, -0.05) is 36.4 Å². The number of fused-ring (bicyclic) bond motifs is 2. The van der Waals surface area contributed by atoms with Crippen LogP contribution in [-0.4, -0.2) is 11.7 Å². The highest BCUT2D eigenvalue weighted by Gasteiger charge is 2.32. The molecule has 0 bridgehead atoms. The number of hydrogen-bond donors (Lipinski definition) is 0. The van der Waals surface area contributed by atoms with Crippen molar-refractivity contribution in [1.82, 2.24) is 0 Å². The van der Waals surface area contributed by atoms with Crippen molar-refractivity contribution in [2.24, 2.45) is 0 Å². The molecule has 1 aliphatic heterocycles. The molecule has 3 heteroatoms. The van der Waals surface area contributed by atoms with Crippen molar-refractivity contribution in [2.75, 3.05) is 4.90 Å². The van der Waals surface area contributed by atoms with Gasteiger partial charge in [-0.2, -0.15) is 0 Å². The Balaban J connectivity index is 1.77. The summed E-state index contributed by atoms with van der Waals surface area (Å²) in [5.41, 5.74) is 6.06. The van der Waals surface area contributed by atoms with Gasteiger partial charge in [0.25, 0.3) is 5.91 Å². The largest absolute Gasteiger partial charge is 0.304 e. The van der Waals surface area contributed by atoms with E-state index in [1.165, 1.54) is 10.9 Å². The lowest BCUT2D eigenvalue weighted by molar-refractivity contribution is -0.116. The van der Waals surface area contributed by atoms with Gasteiger partial charge in [-0.15, -0.1) is 0 Å². The molecule has 1 heterocycles. The topological polar surface area (TPSA) is 37.4 Å². The SMILES string of the molecule is CC(=O)Cc1ccc(N2Cc3c(c(C)c4ccccc4c3C)C2=O)cc1. The van der Waals surface area contributed by atoms with E-state index in [4.69, 9.17) is 0 Å². The second-order valence-electron chi connectivity index (χ2n) is 7.09. The summed E-state index contributed by atoms with van der Waals surface area (Å²) in [5.74, 6) is 0.200. The van der Waals surface area contributed by atoms with Crippen LogP contribution in [0.5, 0.6) is 0 Å². The number of amides is 1. The molecule has 4 rings (SSSR count). The van der Waals surface area contributed by atoms with Gasteiger partial charge < -0.3 is 4.90 Å². The molecule has 0 radical (unpaired) electrons. The molecule has 3 aromatic carbocycles. The van der Waals surface area contributed by atoms with Crippen LogP contribution in [0, 0.1) is 13.8 Å². The van der Waals surface area contributed by atoms with Crippen molar-refractivity contribution in [3.8, 4) is 0 Å². The fourth-order valence-electron chi connectivity index (χ4n) is 3.99. The average molecular weight is 343 g/mol. The zero-order chi connectivity index (χ0) is 18.4. The number of anilines is 1. The first kappa shape index (κ1) is 16.5.